The molecule has 6 heteroatoms. The van der Waals surface area contributed by atoms with Crippen LogP contribution in [0.2, 0.25) is 0 Å². The predicted molar refractivity (Wildman–Crippen MR) is 60.2 cm³/mol. The molecule has 1 aliphatic rings. The summed E-state index contributed by atoms with van der Waals surface area (Å²) in [5, 5.41) is 18.0. The lowest BCUT2D eigenvalue weighted by molar-refractivity contribution is 0.167. The number of aromatic nitrogens is 5. The molecule has 0 radical (unpaired) electrons. The minimum absolute atomic E-state index is 0.478. The molecule has 2 heterocycles. The maximum atomic E-state index is 10.2. The molecule has 17 heavy (non-hydrogen) atoms. The third kappa shape index (κ3) is 2.08. The monoisotopic (exact) mass is 233 g/mol. The highest BCUT2D eigenvalue weighted by Gasteiger charge is 2.27. The predicted octanol–water partition coefficient (Wildman–Crippen LogP) is 0.623. The SMILES string of the molecule is Cn1cc(CC(O)c2cncn2C2CC2)nn1. The van der Waals surface area contributed by atoms with Crippen LogP contribution in [0, 0.1) is 0 Å². The number of hydrogen-bond donors (Lipinski definition) is 1. The fourth-order valence-corrected chi connectivity index (χ4v) is 2.02. The molecule has 0 aliphatic heterocycles. The van der Waals surface area contributed by atoms with Crippen LogP contribution in [0.5, 0.6) is 0 Å². The van der Waals surface area contributed by atoms with E-state index in [9.17, 15) is 5.11 Å². The molecule has 0 aromatic carbocycles. The Morgan fingerprint density at radius 3 is 3.00 bits per heavy atom. The Kier molecular flexibility index (Phi) is 2.44. The molecule has 1 aliphatic carbocycles. The Balaban J connectivity index is 1.76. The van der Waals surface area contributed by atoms with Gasteiger partial charge in [0.15, 0.2) is 0 Å². The maximum absolute atomic E-state index is 10.2. The summed E-state index contributed by atoms with van der Waals surface area (Å²) in [4.78, 5) is 4.11. The lowest BCUT2D eigenvalue weighted by Crippen LogP contribution is -2.08. The Morgan fingerprint density at radius 2 is 2.35 bits per heavy atom. The Labute approximate surface area is 98.9 Å². The van der Waals surface area contributed by atoms with Gasteiger partial charge in [-0.1, -0.05) is 5.21 Å². The van der Waals surface area contributed by atoms with Crippen LogP contribution >= 0.6 is 0 Å². The van der Waals surface area contributed by atoms with E-state index in [1.54, 1.807) is 17.2 Å². The number of imidazole rings is 1. The average molecular weight is 233 g/mol. The molecule has 1 fully saturated rings. The minimum Gasteiger partial charge on any atom is -0.386 e. The van der Waals surface area contributed by atoms with Crippen molar-refractivity contribution >= 4 is 0 Å². The van der Waals surface area contributed by atoms with Crippen LogP contribution in [-0.4, -0.2) is 29.7 Å². The van der Waals surface area contributed by atoms with E-state index in [2.05, 4.69) is 19.9 Å². The van der Waals surface area contributed by atoms with Crippen molar-refractivity contribution in [2.24, 2.45) is 7.05 Å². The van der Waals surface area contributed by atoms with Gasteiger partial charge in [-0.2, -0.15) is 0 Å². The van der Waals surface area contributed by atoms with Crippen molar-refractivity contribution < 1.29 is 5.11 Å². The number of aliphatic hydroxyl groups is 1. The minimum atomic E-state index is -0.560. The third-order valence-corrected chi connectivity index (χ3v) is 3.03. The smallest absolute Gasteiger partial charge is 0.101 e. The second kappa shape index (κ2) is 3.96. The van der Waals surface area contributed by atoms with Crippen molar-refractivity contribution in [3.8, 4) is 0 Å². The van der Waals surface area contributed by atoms with Gasteiger partial charge in [-0.3, -0.25) is 4.68 Å². The van der Waals surface area contributed by atoms with Crippen LogP contribution in [0.15, 0.2) is 18.7 Å². The lowest BCUT2D eigenvalue weighted by Gasteiger charge is -2.11. The largest absolute Gasteiger partial charge is 0.386 e. The quantitative estimate of drug-likeness (QED) is 0.840. The lowest BCUT2D eigenvalue weighted by atomic mass is 10.1. The van der Waals surface area contributed by atoms with Gasteiger partial charge in [0.1, 0.15) is 6.10 Å². The standard InChI is InChI=1S/C11H15N5O/c1-15-6-8(13-14-15)4-11(17)10-5-12-7-16(10)9-2-3-9/h5-7,9,11,17H,2-4H2,1H3. The average Bonchev–Trinajstić information content (AvgIpc) is 2.88. The van der Waals surface area contributed by atoms with Crippen LogP contribution < -0.4 is 0 Å². The van der Waals surface area contributed by atoms with E-state index in [-0.39, 0.29) is 0 Å². The van der Waals surface area contributed by atoms with Gasteiger partial charge in [0.2, 0.25) is 0 Å². The molecule has 2 aromatic rings. The second-order valence-corrected chi connectivity index (χ2v) is 4.56. The fraction of sp³-hybridized carbons (Fsp3) is 0.545. The summed E-state index contributed by atoms with van der Waals surface area (Å²) in [6.45, 7) is 0. The molecule has 1 N–H and O–H groups in total. The molecule has 1 saturated carbocycles. The molecule has 0 bridgehead atoms. The normalized spacial score (nSPS) is 17.3. The molecule has 0 saturated heterocycles. The van der Waals surface area contributed by atoms with E-state index >= 15 is 0 Å². The van der Waals surface area contributed by atoms with Gasteiger partial charge in [0.25, 0.3) is 0 Å². The molecule has 1 atom stereocenters. The van der Waals surface area contributed by atoms with Crippen molar-refractivity contribution in [2.45, 2.75) is 31.4 Å². The number of hydrogen-bond acceptors (Lipinski definition) is 4. The second-order valence-electron chi connectivity index (χ2n) is 4.56. The van der Waals surface area contributed by atoms with Crippen LogP contribution in [0.4, 0.5) is 0 Å². The zero-order chi connectivity index (χ0) is 11.8. The van der Waals surface area contributed by atoms with Crippen LogP contribution in [0.25, 0.3) is 0 Å². The summed E-state index contributed by atoms with van der Waals surface area (Å²) in [5.74, 6) is 0. The molecular weight excluding hydrogens is 218 g/mol. The Hall–Kier alpha value is -1.69. The van der Waals surface area contributed by atoms with Crippen molar-refractivity contribution in [1.82, 2.24) is 24.5 Å². The highest BCUT2D eigenvalue weighted by molar-refractivity contribution is 5.10. The topological polar surface area (TPSA) is 68.8 Å². The molecular formula is C11H15N5O. The van der Waals surface area contributed by atoms with Gasteiger partial charge < -0.3 is 9.67 Å². The molecule has 90 valence electrons. The summed E-state index contributed by atoms with van der Waals surface area (Å²) in [5.41, 5.74) is 1.67. The summed E-state index contributed by atoms with van der Waals surface area (Å²) < 4.78 is 3.71. The zero-order valence-electron chi connectivity index (χ0n) is 9.69. The highest BCUT2D eigenvalue weighted by Crippen LogP contribution is 2.37. The summed E-state index contributed by atoms with van der Waals surface area (Å²) in [6, 6.07) is 0.531. The highest BCUT2D eigenvalue weighted by atomic mass is 16.3. The van der Waals surface area contributed by atoms with Gasteiger partial charge in [0, 0.05) is 25.7 Å². The van der Waals surface area contributed by atoms with Crippen molar-refractivity contribution in [2.75, 3.05) is 0 Å². The first-order valence-electron chi connectivity index (χ1n) is 5.79. The number of nitrogens with zero attached hydrogens (tertiary/aromatic N) is 5. The van der Waals surface area contributed by atoms with E-state index < -0.39 is 6.10 Å². The summed E-state index contributed by atoms with van der Waals surface area (Å²) in [6.07, 6.45) is 7.64. The van der Waals surface area contributed by atoms with Crippen LogP contribution in [0.1, 0.15) is 36.4 Å². The van der Waals surface area contributed by atoms with Crippen LogP contribution in [0.3, 0.4) is 0 Å². The van der Waals surface area contributed by atoms with Gasteiger partial charge >= 0.3 is 0 Å². The fourth-order valence-electron chi connectivity index (χ4n) is 2.02. The number of aryl methyl sites for hydroxylation is 1. The van der Waals surface area contributed by atoms with Gasteiger partial charge in [-0.15, -0.1) is 5.10 Å². The molecule has 2 aromatic heterocycles. The van der Waals surface area contributed by atoms with Crippen molar-refractivity contribution in [1.29, 1.82) is 0 Å². The maximum Gasteiger partial charge on any atom is 0.101 e. The zero-order valence-corrected chi connectivity index (χ0v) is 9.69. The Bertz CT molecular complexity index is 513. The summed E-state index contributed by atoms with van der Waals surface area (Å²) >= 11 is 0. The molecule has 0 amide bonds. The van der Waals surface area contributed by atoms with E-state index in [0.717, 1.165) is 11.4 Å². The van der Waals surface area contributed by atoms with E-state index in [4.69, 9.17) is 0 Å². The van der Waals surface area contributed by atoms with Crippen LogP contribution in [-0.2, 0) is 13.5 Å². The number of aliphatic hydroxyl groups excluding tert-OH is 1. The van der Waals surface area contributed by atoms with E-state index in [1.165, 1.54) is 12.8 Å². The van der Waals surface area contributed by atoms with E-state index in [1.807, 2.05) is 13.2 Å². The number of rotatable bonds is 4. The summed E-state index contributed by atoms with van der Waals surface area (Å²) in [7, 11) is 1.82. The molecule has 3 rings (SSSR count). The first kappa shape index (κ1) is 10.5. The third-order valence-electron chi connectivity index (χ3n) is 3.03. The first-order valence-corrected chi connectivity index (χ1v) is 5.79. The molecule has 6 nitrogen and oxygen atoms in total. The van der Waals surface area contributed by atoms with E-state index in [0.29, 0.717) is 12.5 Å². The first-order chi connectivity index (χ1) is 8.24. The van der Waals surface area contributed by atoms with Crippen molar-refractivity contribution in [3.63, 3.8) is 0 Å². The Morgan fingerprint density at radius 1 is 1.53 bits per heavy atom. The van der Waals surface area contributed by atoms with Gasteiger partial charge in [-0.05, 0) is 12.8 Å². The van der Waals surface area contributed by atoms with Gasteiger partial charge in [0.05, 0.1) is 23.9 Å². The van der Waals surface area contributed by atoms with Crippen molar-refractivity contribution in [3.05, 3.63) is 30.1 Å². The van der Waals surface area contributed by atoms with Gasteiger partial charge in [-0.25, -0.2) is 4.98 Å². The molecule has 0 spiro atoms. The molecule has 1 unspecified atom stereocenters.